The highest BCUT2D eigenvalue weighted by molar-refractivity contribution is 9.10. The standard InChI is InChI=1S/C23H26BrN3O4/c1-5-30-19-12-16(18(24)14-20(19)31-6-2)13-21(28)25-22-15(3)26(4)27(23(22)29)17-10-8-7-9-11-17/h7-12,14H,5-6,13H2,1-4H3,(H,25,28). The van der Waals surface area contributed by atoms with Crippen LogP contribution in [0.4, 0.5) is 5.69 Å². The van der Waals surface area contributed by atoms with E-state index < -0.39 is 0 Å². The molecule has 0 spiro atoms. The van der Waals surface area contributed by atoms with E-state index in [1.807, 2.05) is 44.2 Å². The average molecular weight is 488 g/mol. The largest absolute Gasteiger partial charge is 0.490 e. The zero-order chi connectivity index (χ0) is 22.5. The van der Waals surface area contributed by atoms with Crippen molar-refractivity contribution in [3.8, 4) is 17.2 Å². The second kappa shape index (κ2) is 9.87. The van der Waals surface area contributed by atoms with Gasteiger partial charge >= 0.3 is 0 Å². The van der Waals surface area contributed by atoms with Gasteiger partial charge in [-0.05, 0) is 50.6 Å². The second-order valence-corrected chi connectivity index (χ2v) is 7.77. The molecule has 3 aromatic rings. The second-order valence-electron chi connectivity index (χ2n) is 6.92. The van der Waals surface area contributed by atoms with Crippen LogP contribution in [0.25, 0.3) is 5.69 Å². The molecule has 3 rings (SSSR count). The molecular weight excluding hydrogens is 462 g/mol. The third-order valence-corrected chi connectivity index (χ3v) is 5.62. The van der Waals surface area contributed by atoms with Crippen LogP contribution in [0.15, 0.2) is 51.7 Å². The fourth-order valence-electron chi connectivity index (χ4n) is 3.32. The van der Waals surface area contributed by atoms with E-state index in [4.69, 9.17) is 9.47 Å². The molecule has 0 saturated heterocycles. The molecule has 0 atom stereocenters. The maximum Gasteiger partial charge on any atom is 0.295 e. The molecule has 0 aliphatic heterocycles. The number of hydrogen-bond acceptors (Lipinski definition) is 4. The monoisotopic (exact) mass is 487 g/mol. The normalized spacial score (nSPS) is 10.7. The van der Waals surface area contributed by atoms with Gasteiger partial charge < -0.3 is 14.8 Å². The SMILES string of the molecule is CCOc1cc(Br)c(CC(=O)Nc2c(C)n(C)n(-c3ccccc3)c2=O)cc1OCC. The number of anilines is 1. The molecule has 0 radical (unpaired) electrons. The van der Waals surface area contributed by atoms with Gasteiger partial charge in [-0.15, -0.1) is 0 Å². The molecule has 1 N–H and O–H groups in total. The molecule has 8 heteroatoms. The number of carbonyl (C=O) groups is 1. The number of amides is 1. The highest BCUT2D eigenvalue weighted by Crippen LogP contribution is 2.34. The Balaban J connectivity index is 1.87. The van der Waals surface area contributed by atoms with Crippen molar-refractivity contribution in [1.82, 2.24) is 9.36 Å². The van der Waals surface area contributed by atoms with Crippen molar-refractivity contribution in [2.75, 3.05) is 18.5 Å². The lowest BCUT2D eigenvalue weighted by atomic mass is 10.1. The minimum absolute atomic E-state index is 0.0756. The quantitative estimate of drug-likeness (QED) is 0.515. The van der Waals surface area contributed by atoms with Crippen LogP contribution in [0.5, 0.6) is 11.5 Å². The zero-order valence-corrected chi connectivity index (χ0v) is 19.7. The van der Waals surface area contributed by atoms with Crippen molar-refractivity contribution in [1.29, 1.82) is 0 Å². The van der Waals surface area contributed by atoms with Gasteiger partial charge in [-0.25, -0.2) is 4.68 Å². The Kier molecular flexibility index (Phi) is 7.22. The third-order valence-electron chi connectivity index (χ3n) is 4.88. The number of ether oxygens (including phenoxy) is 2. The highest BCUT2D eigenvalue weighted by Gasteiger charge is 2.19. The molecule has 0 unspecified atom stereocenters. The summed E-state index contributed by atoms with van der Waals surface area (Å²) in [7, 11) is 1.79. The van der Waals surface area contributed by atoms with E-state index in [-0.39, 0.29) is 23.6 Å². The van der Waals surface area contributed by atoms with E-state index in [2.05, 4.69) is 21.2 Å². The van der Waals surface area contributed by atoms with Crippen molar-refractivity contribution in [2.24, 2.45) is 7.05 Å². The first-order valence-corrected chi connectivity index (χ1v) is 10.9. The summed E-state index contributed by atoms with van der Waals surface area (Å²) in [4.78, 5) is 25.8. The minimum Gasteiger partial charge on any atom is -0.490 e. The van der Waals surface area contributed by atoms with E-state index in [1.54, 1.807) is 30.8 Å². The van der Waals surface area contributed by atoms with Gasteiger partial charge in [0.25, 0.3) is 5.56 Å². The van der Waals surface area contributed by atoms with Crippen LogP contribution in [0.2, 0.25) is 0 Å². The lowest BCUT2D eigenvalue weighted by molar-refractivity contribution is -0.115. The summed E-state index contributed by atoms with van der Waals surface area (Å²) >= 11 is 3.51. The highest BCUT2D eigenvalue weighted by atomic mass is 79.9. The molecule has 1 amide bonds. The smallest absolute Gasteiger partial charge is 0.295 e. The molecule has 2 aromatic carbocycles. The van der Waals surface area contributed by atoms with Gasteiger partial charge in [0.2, 0.25) is 5.91 Å². The fraction of sp³-hybridized carbons (Fsp3) is 0.304. The first-order chi connectivity index (χ1) is 14.9. The maximum absolute atomic E-state index is 13.0. The van der Waals surface area contributed by atoms with Crippen LogP contribution in [0.1, 0.15) is 25.1 Å². The van der Waals surface area contributed by atoms with E-state index >= 15 is 0 Å². The Morgan fingerprint density at radius 1 is 1.06 bits per heavy atom. The summed E-state index contributed by atoms with van der Waals surface area (Å²) < 4.78 is 15.3. The number of halogens is 1. The van der Waals surface area contributed by atoms with Gasteiger partial charge in [-0.1, -0.05) is 34.1 Å². The minimum atomic E-state index is -0.293. The zero-order valence-electron chi connectivity index (χ0n) is 18.1. The van der Waals surface area contributed by atoms with Crippen LogP contribution < -0.4 is 20.3 Å². The van der Waals surface area contributed by atoms with Crippen LogP contribution in [-0.4, -0.2) is 28.5 Å². The number of aromatic nitrogens is 2. The number of hydrogen-bond donors (Lipinski definition) is 1. The van der Waals surface area contributed by atoms with Crippen molar-refractivity contribution < 1.29 is 14.3 Å². The molecule has 0 aliphatic carbocycles. The lowest BCUT2D eigenvalue weighted by Crippen LogP contribution is -2.23. The van der Waals surface area contributed by atoms with Gasteiger partial charge in [0.1, 0.15) is 5.69 Å². The van der Waals surface area contributed by atoms with E-state index in [0.717, 1.165) is 15.7 Å². The van der Waals surface area contributed by atoms with Crippen LogP contribution >= 0.6 is 15.9 Å². The van der Waals surface area contributed by atoms with Gasteiger partial charge in [-0.3, -0.25) is 14.3 Å². The fourth-order valence-corrected chi connectivity index (χ4v) is 3.78. The van der Waals surface area contributed by atoms with Crippen LogP contribution in [-0.2, 0) is 18.3 Å². The first-order valence-electron chi connectivity index (χ1n) is 10.1. The van der Waals surface area contributed by atoms with E-state index in [0.29, 0.717) is 30.4 Å². The predicted molar refractivity (Wildman–Crippen MR) is 125 cm³/mol. The molecule has 0 saturated carbocycles. The van der Waals surface area contributed by atoms with Gasteiger partial charge in [0, 0.05) is 11.5 Å². The topological polar surface area (TPSA) is 74.5 Å². The van der Waals surface area contributed by atoms with E-state index in [1.165, 1.54) is 4.68 Å². The summed E-state index contributed by atoms with van der Waals surface area (Å²) in [5, 5.41) is 2.79. The Bertz CT molecular complexity index is 1140. The Labute approximate surface area is 189 Å². The average Bonchev–Trinajstić information content (AvgIpc) is 2.95. The summed E-state index contributed by atoms with van der Waals surface area (Å²) in [6.45, 7) is 6.58. The lowest BCUT2D eigenvalue weighted by Gasteiger charge is -2.14. The summed E-state index contributed by atoms with van der Waals surface area (Å²) in [5.41, 5.74) is 2.13. The van der Waals surface area contributed by atoms with E-state index in [9.17, 15) is 9.59 Å². The number of nitrogens with zero attached hydrogens (tertiary/aromatic N) is 2. The predicted octanol–water partition coefficient (Wildman–Crippen LogP) is 4.23. The molecule has 0 aliphatic rings. The molecule has 1 aromatic heterocycles. The molecular formula is C23H26BrN3O4. The van der Waals surface area contributed by atoms with Crippen molar-refractivity contribution >= 4 is 27.5 Å². The maximum atomic E-state index is 13.0. The molecule has 164 valence electrons. The summed E-state index contributed by atoms with van der Waals surface area (Å²) in [6.07, 6.45) is 0.0756. The van der Waals surface area contributed by atoms with Crippen LogP contribution in [0.3, 0.4) is 0 Å². The molecule has 0 fully saturated rings. The molecule has 0 bridgehead atoms. The summed E-state index contributed by atoms with van der Waals surface area (Å²) in [5.74, 6) is 0.904. The summed E-state index contributed by atoms with van der Waals surface area (Å²) in [6, 6.07) is 12.9. The number of rotatable bonds is 8. The Hall–Kier alpha value is -3.00. The van der Waals surface area contributed by atoms with Gasteiger partial charge in [-0.2, -0.15) is 0 Å². The van der Waals surface area contributed by atoms with Crippen molar-refractivity contribution in [3.63, 3.8) is 0 Å². The number of benzene rings is 2. The van der Waals surface area contributed by atoms with Gasteiger partial charge in [0.05, 0.1) is 31.0 Å². The first kappa shape index (κ1) is 22.7. The molecule has 7 nitrogen and oxygen atoms in total. The Morgan fingerprint density at radius 2 is 1.68 bits per heavy atom. The molecule has 31 heavy (non-hydrogen) atoms. The van der Waals surface area contributed by atoms with Crippen molar-refractivity contribution in [2.45, 2.75) is 27.2 Å². The van der Waals surface area contributed by atoms with Crippen molar-refractivity contribution in [3.05, 3.63) is 68.5 Å². The van der Waals surface area contributed by atoms with Crippen LogP contribution in [0, 0.1) is 6.92 Å². The molecule has 1 heterocycles. The Morgan fingerprint density at radius 3 is 2.29 bits per heavy atom. The number of nitrogens with one attached hydrogen (secondary N) is 1. The van der Waals surface area contributed by atoms with Gasteiger partial charge in [0.15, 0.2) is 11.5 Å². The number of para-hydroxylation sites is 1. The number of carbonyl (C=O) groups excluding carboxylic acids is 1. The third kappa shape index (κ3) is 4.85.